The Bertz CT molecular complexity index is 438. The summed E-state index contributed by atoms with van der Waals surface area (Å²) in [5.74, 6) is 1.72. The Hall–Kier alpha value is -0.720. The number of rotatable bonds is 2. The van der Waals surface area contributed by atoms with E-state index in [0.29, 0.717) is 5.56 Å². The van der Waals surface area contributed by atoms with Gasteiger partial charge in [0.2, 0.25) is 0 Å². The number of hydrogen-bond acceptors (Lipinski definition) is 3. The molecule has 6 heteroatoms. The fraction of sp³-hybridized carbons (Fsp3) is 0.538. The van der Waals surface area contributed by atoms with E-state index >= 15 is 0 Å². The van der Waals surface area contributed by atoms with Crippen molar-refractivity contribution in [2.24, 2.45) is 0 Å². The maximum absolute atomic E-state index is 12.7. The van der Waals surface area contributed by atoms with Gasteiger partial charge in [0.25, 0.3) is 0 Å². The van der Waals surface area contributed by atoms with E-state index in [1.165, 1.54) is 6.07 Å². The van der Waals surface area contributed by atoms with Gasteiger partial charge in [-0.25, -0.2) is 0 Å². The summed E-state index contributed by atoms with van der Waals surface area (Å²) in [5, 5.41) is 10.3. The zero-order valence-electron chi connectivity index (χ0n) is 10.5. The lowest BCUT2D eigenvalue weighted by Crippen LogP contribution is -2.43. The number of thioether (sulfide) groups is 1. The fourth-order valence-electron chi connectivity index (χ4n) is 2.16. The minimum absolute atomic E-state index is 0.137. The van der Waals surface area contributed by atoms with E-state index in [4.69, 9.17) is 0 Å². The molecule has 1 N–H and O–H groups in total. The van der Waals surface area contributed by atoms with Crippen LogP contribution in [0.5, 0.6) is 0 Å². The Morgan fingerprint density at radius 3 is 2.79 bits per heavy atom. The van der Waals surface area contributed by atoms with Crippen LogP contribution in [-0.4, -0.2) is 41.1 Å². The highest BCUT2D eigenvalue weighted by Gasteiger charge is 2.33. The standard InChI is InChI=1S/C13H16F3NOS/c1-17-5-6-19-8-11(17)12(18)9-3-2-4-10(7-9)13(14,15)16/h2-4,7,11-12,18H,5-6,8H2,1H3. The topological polar surface area (TPSA) is 23.5 Å². The summed E-state index contributed by atoms with van der Waals surface area (Å²) >= 11 is 1.72. The molecule has 1 fully saturated rings. The molecule has 0 saturated carbocycles. The van der Waals surface area contributed by atoms with E-state index in [1.807, 2.05) is 11.9 Å². The van der Waals surface area contributed by atoms with Crippen molar-refractivity contribution in [3.63, 3.8) is 0 Å². The Kier molecular flexibility index (Phi) is 4.43. The lowest BCUT2D eigenvalue weighted by Gasteiger charge is -2.35. The first kappa shape index (κ1) is 14.7. The zero-order valence-corrected chi connectivity index (χ0v) is 11.3. The number of hydrogen-bond donors (Lipinski definition) is 1. The molecule has 106 valence electrons. The van der Waals surface area contributed by atoms with Gasteiger partial charge < -0.3 is 5.11 Å². The molecule has 2 atom stereocenters. The molecule has 1 aliphatic rings. The zero-order chi connectivity index (χ0) is 14.0. The lowest BCUT2D eigenvalue weighted by molar-refractivity contribution is -0.137. The summed E-state index contributed by atoms with van der Waals surface area (Å²) in [6.07, 6.45) is -5.26. The van der Waals surface area contributed by atoms with E-state index in [2.05, 4.69) is 0 Å². The lowest BCUT2D eigenvalue weighted by atomic mass is 10.00. The van der Waals surface area contributed by atoms with Crippen LogP contribution in [0.1, 0.15) is 17.2 Å². The van der Waals surface area contributed by atoms with Crippen LogP contribution >= 0.6 is 11.8 Å². The van der Waals surface area contributed by atoms with Crippen LogP contribution in [0.15, 0.2) is 24.3 Å². The molecule has 1 heterocycles. The third-order valence-electron chi connectivity index (χ3n) is 3.36. The van der Waals surface area contributed by atoms with Crippen molar-refractivity contribution in [3.8, 4) is 0 Å². The molecule has 19 heavy (non-hydrogen) atoms. The van der Waals surface area contributed by atoms with E-state index < -0.39 is 17.8 Å². The molecule has 2 unspecified atom stereocenters. The molecule has 0 radical (unpaired) electrons. The van der Waals surface area contributed by atoms with Gasteiger partial charge in [-0.2, -0.15) is 24.9 Å². The smallest absolute Gasteiger partial charge is 0.387 e. The van der Waals surface area contributed by atoms with Gasteiger partial charge in [0.15, 0.2) is 0 Å². The summed E-state index contributed by atoms with van der Waals surface area (Å²) in [6, 6.07) is 4.82. The van der Waals surface area contributed by atoms with Gasteiger partial charge in [-0.3, -0.25) is 4.90 Å². The quantitative estimate of drug-likeness (QED) is 0.906. The maximum atomic E-state index is 12.7. The van der Waals surface area contributed by atoms with Crippen molar-refractivity contribution >= 4 is 11.8 Å². The van der Waals surface area contributed by atoms with E-state index in [1.54, 1.807) is 17.8 Å². The number of aliphatic hydroxyl groups is 1. The summed E-state index contributed by atoms with van der Waals surface area (Å²) < 4.78 is 38.0. The predicted molar refractivity (Wildman–Crippen MR) is 70.1 cm³/mol. The summed E-state index contributed by atoms with van der Waals surface area (Å²) in [5.41, 5.74) is -0.385. The van der Waals surface area contributed by atoms with Gasteiger partial charge in [-0.1, -0.05) is 12.1 Å². The van der Waals surface area contributed by atoms with Gasteiger partial charge in [-0.05, 0) is 24.7 Å². The SMILES string of the molecule is CN1CCSCC1C(O)c1cccc(C(F)(F)F)c1. The molecule has 1 aromatic rings. The Balaban J connectivity index is 2.21. The normalized spacial score (nSPS) is 23.3. The van der Waals surface area contributed by atoms with E-state index in [-0.39, 0.29) is 6.04 Å². The summed E-state index contributed by atoms with van der Waals surface area (Å²) in [4.78, 5) is 2.00. The molecule has 0 aromatic heterocycles. The van der Waals surface area contributed by atoms with Gasteiger partial charge in [0, 0.05) is 24.1 Å². The molecule has 1 saturated heterocycles. The Labute approximate surface area is 114 Å². The Morgan fingerprint density at radius 1 is 1.42 bits per heavy atom. The van der Waals surface area contributed by atoms with Crippen LogP contribution in [-0.2, 0) is 6.18 Å². The molecule has 0 spiro atoms. The van der Waals surface area contributed by atoms with Crippen LogP contribution in [0, 0.1) is 0 Å². The molecule has 2 nitrogen and oxygen atoms in total. The van der Waals surface area contributed by atoms with Crippen molar-refractivity contribution in [2.45, 2.75) is 18.3 Å². The van der Waals surface area contributed by atoms with Crippen molar-refractivity contribution in [1.29, 1.82) is 0 Å². The molecular weight excluding hydrogens is 275 g/mol. The second-order valence-electron chi connectivity index (χ2n) is 4.69. The Morgan fingerprint density at radius 2 is 2.16 bits per heavy atom. The highest BCUT2D eigenvalue weighted by Crippen LogP contribution is 2.33. The first-order valence-electron chi connectivity index (χ1n) is 6.03. The number of alkyl halides is 3. The first-order chi connectivity index (χ1) is 8.89. The van der Waals surface area contributed by atoms with Crippen molar-refractivity contribution in [3.05, 3.63) is 35.4 Å². The second kappa shape index (κ2) is 5.73. The van der Waals surface area contributed by atoms with Crippen LogP contribution in [0.2, 0.25) is 0 Å². The fourth-order valence-corrected chi connectivity index (χ4v) is 3.42. The average molecular weight is 291 g/mol. The minimum atomic E-state index is -4.37. The second-order valence-corrected chi connectivity index (χ2v) is 5.84. The van der Waals surface area contributed by atoms with Gasteiger partial charge in [0.1, 0.15) is 0 Å². The number of halogens is 3. The van der Waals surface area contributed by atoms with Crippen LogP contribution in [0.4, 0.5) is 13.2 Å². The minimum Gasteiger partial charge on any atom is -0.387 e. The monoisotopic (exact) mass is 291 g/mol. The van der Waals surface area contributed by atoms with Crippen LogP contribution in [0.25, 0.3) is 0 Å². The van der Waals surface area contributed by atoms with Crippen molar-refractivity contribution in [1.82, 2.24) is 4.90 Å². The average Bonchev–Trinajstić information content (AvgIpc) is 2.38. The highest BCUT2D eigenvalue weighted by atomic mass is 32.2. The molecule has 0 amide bonds. The number of benzene rings is 1. The van der Waals surface area contributed by atoms with E-state index in [9.17, 15) is 18.3 Å². The molecular formula is C13H16F3NOS. The number of likely N-dealkylation sites (N-methyl/N-ethyl adjacent to an activating group) is 1. The first-order valence-corrected chi connectivity index (χ1v) is 7.18. The maximum Gasteiger partial charge on any atom is 0.416 e. The predicted octanol–water partition coefficient (Wildman–Crippen LogP) is 2.79. The van der Waals surface area contributed by atoms with Gasteiger partial charge in [0.05, 0.1) is 11.7 Å². The van der Waals surface area contributed by atoms with E-state index in [0.717, 1.165) is 30.2 Å². The largest absolute Gasteiger partial charge is 0.416 e. The molecule has 0 bridgehead atoms. The number of nitrogens with zero attached hydrogens (tertiary/aromatic N) is 1. The molecule has 0 aliphatic carbocycles. The molecule has 2 rings (SSSR count). The number of aliphatic hydroxyl groups excluding tert-OH is 1. The third kappa shape index (κ3) is 3.43. The summed E-state index contributed by atoms with van der Waals surface area (Å²) in [6.45, 7) is 0.839. The van der Waals surface area contributed by atoms with Crippen molar-refractivity contribution in [2.75, 3.05) is 25.1 Å². The summed E-state index contributed by atoms with van der Waals surface area (Å²) in [7, 11) is 1.89. The van der Waals surface area contributed by atoms with Gasteiger partial charge >= 0.3 is 6.18 Å². The molecule has 1 aromatic carbocycles. The third-order valence-corrected chi connectivity index (χ3v) is 4.41. The molecule has 1 aliphatic heterocycles. The highest BCUT2D eigenvalue weighted by molar-refractivity contribution is 7.99. The van der Waals surface area contributed by atoms with Crippen LogP contribution in [0.3, 0.4) is 0 Å². The van der Waals surface area contributed by atoms with Crippen LogP contribution < -0.4 is 0 Å². The van der Waals surface area contributed by atoms with Crippen molar-refractivity contribution < 1.29 is 18.3 Å². The van der Waals surface area contributed by atoms with Gasteiger partial charge in [-0.15, -0.1) is 0 Å².